The number of anilines is 1. The lowest BCUT2D eigenvalue weighted by Crippen LogP contribution is -2.30. The maximum atomic E-state index is 11.8. The van der Waals surface area contributed by atoms with Gasteiger partial charge in [0.25, 0.3) is 0 Å². The molecule has 6 heteroatoms. The Labute approximate surface area is 108 Å². The molecule has 0 aliphatic rings. The molecule has 1 rings (SSSR count). The van der Waals surface area contributed by atoms with Gasteiger partial charge < -0.3 is 10.5 Å². The van der Waals surface area contributed by atoms with E-state index < -0.39 is 10.0 Å². The van der Waals surface area contributed by atoms with Gasteiger partial charge in [-0.25, -0.2) is 13.1 Å². The first-order valence-corrected chi connectivity index (χ1v) is 7.53. The summed E-state index contributed by atoms with van der Waals surface area (Å²) in [6.07, 6.45) is 0. The van der Waals surface area contributed by atoms with E-state index in [0.717, 1.165) is 5.56 Å². The molecule has 0 heterocycles. The van der Waals surface area contributed by atoms with Gasteiger partial charge in [0.2, 0.25) is 10.0 Å². The Morgan fingerprint density at radius 1 is 1.44 bits per heavy atom. The van der Waals surface area contributed by atoms with E-state index in [1.165, 1.54) is 0 Å². The molecule has 1 aromatic carbocycles. The van der Waals surface area contributed by atoms with Gasteiger partial charge in [0.15, 0.2) is 0 Å². The first-order chi connectivity index (χ1) is 8.44. The molecule has 3 N–H and O–H groups in total. The summed E-state index contributed by atoms with van der Waals surface area (Å²) in [5, 5.41) is 0. The van der Waals surface area contributed by atoms with Crippen molar-refractivity contribution in [3.05, 3.63) is 29.8 Å². The summed E-state index contributed by atoms with van der Waals surface area (Å²) in [5.41, 5.74) is 7.12. The molecule has 102 valence electrons. The molecule has 0 radical (unpaired) electrons. The normalized spacial score (nSPS) is 13.4. The highest BCUT2D eigenvalue weighted by atomic mass is 32.2. The van der Waals surface area contributed by atoms with Crippen LogP contribution in [0.1, 0.15) is 25.5 Å². The minimum absolute atomic E-state index is 0.0342. The molecule has 0 spiro atoms. The summed E-state index contributed by atoms with van der Waals surface area (Å²) in [5.74, 6) is -0.0342. The SMILES string of the molecule is CCOCCS(=O)(=O)NC(C)c1cccc(N)c1. The van der Waals surface area contributed by atoms with Crippen molar-refractivity contribution in [3.8, 4) is 0 Å². The Kier molecular flexibility index (Phi) is 5.58. The molecule has 5 nitrogen and oxygen atoms in total. The maximum absolute atomic E-state index is 11.8. The molecule has 0 aliphatic heterocycles. The number of nitrogen functional groups attached to an aromatic ring is 1. The minimum atomic E-state index is -3.33. The molecule has 0 amide bonds. The lowest BCUT2D eigenvalue weighted by atomic mass is 10.1. The zero-order valence-electron chi connectivity index (χ0n) is 10.7. The van der Waals surface area contributed by atoms with Gasteiger partial charge in [-0.1, -0.05) is 12.1 Å². The van der Waals surface area contributed by atoms with Crippen LogP contribution in [0, 0.1) is 0 Å². The van der Waals surface area contributed by atoms with Crippen LogP contribution in [0.15, 0.2) is 24.3 Å². The summed E-state index contributed by atoms with van der Waals surface area (Å²) in [4.78, 5) is 0. The Hall–Kier alpha value is -1.11. The van der Waals surface area contributed by atoms with Crippen LogP contribution in [0.4, 0.5) is 5.69 Å². The Morgan fingerprint density at radius 2 is 2.17 bits per heavy atom. The molecule has 1 aromatic rings. The number of ether oxygens (including phenoxy) is 1. The van der Waals surface area contributed by atoms with E-state index >= 15 is 0 Å². The average Bonchev–Trinajstić information content (AvgIpc) is 2.28. The van der Waals surface area contributed by atoms with Crippen molar-refractivity contribution in [2.75, 3.05) is 24.7 Å². The summed E-state index contributed by atoms with van der Waals surface area (Å²) < 4.78 is 31.1. The van der Waals surface area contributed by atoms with Crippen LogP contribution in [-0.2, 0) is 14.8 Å². The highest BCUT2D eigenvalue weighted by Crippen LogP contribution is 2.16. The fourth-order valence-electron chi connectivity index (χ4n) is 1.54. The van der Waals surface area contributed by atoms with Crippen molar-refractivity contribution in [1.82, 2.24) is 4.72 Å². The number of rotatable bonds is 7. The van der Waals surface area contributed by atoms with Crippen LogP contribution < -0.4 is 10.5 Å². The summed E-state index contributed by atoms with van der Waals surface area (Å²) in [6.45, 7) is 4.33. The van der Waals surface area contributed by atoms with Crippen LogP contribution >= 0.6 is 0 Å². The Morgan fingerprint density at radius 3 is 2.78 bits per heavy atom. The third kappa shape index (κ3) is 5.03. The first-order valence-electron chi connectivity index (χ1n) is 5.88. The quantitative estimate of drug-likeness (QED) is 0.579. The van der Waals surface area contributed by atoms with E-state index in [4.69, 9.17) is 10.5 Å². The fourth-order valence-corrected chi connectivity index (χ4v) is 2.67. The van der Waals surface area contributed by atoms with Crippen molar-refractivity contribution >= 4 is 15.7 Å². The summed E-state index contributed by atoms with van der Waals surface area (Å²) in [7, 11) is -3.33. The van der Waals surface area contributed by atoms with Crippen LogP contribution in [-0.4, -0.2) is 27.4 Å². The van der Waals surface area contributed by atoms with Crippen molar-refractivity contribution in [3.63, 3.8) is 0 Å². The zero-order chi connectivity index (χ0) is 13.6. The number of hydrogen-bond donors (Lipinski definition) is 2. The maximum Gasteiger partial charge on any atom is 0.214 e. The number of sulfonamides is 1. The van der Waals surface area contributed by atoms with Gasteiger partial charge in [-0.05, 0) is 31.5 Å². The van der Waals surface area contributed by atoms with Gasteiger partial charge in [-0.15, -0.1) is 0 Å². The number of hydrogen-bond acceptors (Lipinski definition) is 4. The smallest absolute Gasteiger partial charge is 0.214 e. The van der Waals surface area contributed by atoms with Crippen LogP contribution in [0.2, 0.25) is 0 Å². The molecule has 0 saturated carbocycles. The van der Waals surface area contributed by atoms with E-state index in [9.17, 15) is 8.42 Å². The lowest BCUT2D eigenvalue weighted by molar-refractivity contribution is 0.163. The molecular weight excluding hydrogens is 252 g/mol. The van der Waals surface area contributed by atoms with Crippen molar-refractivity contribution in [1.29, 1.82) is 0 Å². The molecule has 0 fully saturated rings. The second kappa shape index (κ2) is 6.72. The van der Waals surface area contributed by atoms with Crippen LogP contribution in [0.5, 0.6) is 0 Å². The predicted molar refractivity (Wildman–Crippen MR) is 72.7 cm³/mol. The average molecular weight is 272 g/mol. The standard InChI is InChI=1S/C12H20N2O3S/c1-3-17-7-8-18(15,16)14-10(2)11-5-4-6-12(13)9-11/h4-6,9-10,14H,3,7-8,13H2,1-2H3. The van der Waals surface area contributed by atoms with Gasteiger partial charge in [0.1, 0.15) is 0 Å². The molecule has 0 bridgehead atoms. The molecule has 1 atom stereocenters. The number of nitrogens with one attached hydrogen (secondary N) is 1. The van der Waals surface area contributed by atoms with Crippen LogP contribution in [0.25, 0.3) is 0 Å². The summed E-state index contributed by atoms with van der Waals surface area (Å²) in [6, 6.07) is 6.86. The first kappa shape index (κ1) is 14.9. The van der Waals surface area contributed by atoms with Gasteiger partial charge in [0, 0.05) is 18.3 Å². The van der Waals surface area contributed by atoms with Gasteiger partial charge in [0.05, 0.1) is 12.4 Å². The molecule has 0 aliphatic carbocycles. The highest BCUT2D eigenvalue weighted by Gasteiger charge is 2.15. The minimum Gasteiger partial charge on any atom is -0.399 e. The third-order valence-corrected chi connectivity index (χ3v) is 3.88. The fraction of sp³-hybridized carbons (Fsp3) is 0.500. The van der Waals surface area contributed by atoms with Crippen molar-refractivity contribution in [2.24, 2.45) is 0 Å². The van der Waals surface area contributed by atoms with Gasteiger partial charge in [-0.3, -0.25) is 0 Å². The second-order valence-electron chi connectivity index (χ2n) is 4.03. The van der Waals surface area contributed by atoms with E-state index in [-0.39, 0.29) is 18.4 Å². The lowest BCUT2D eigenvalue weighted by Gasteiger charge is -2.15. The summed E-state index contributed by atoms with van der Waals surface area (Å²) >= 11 is 0. The number of nitrogens with two attached hydrogens (primary N) is 1. The van der Waals surface area contributed by atoms with Gasteiger partial charge in [-0.2, -0.15) is 0 Å². The topological polar surface area (TPSA) is 81.4 Å². The van der Waals surface area contributed by atoms with E-state index in [1.54, 1.807) is 25.1 Å². The Bertz CT molecular complexity index is 474. The van der Waals surface area contributed by atoms with E-state index in [2.05, 4.69) is 4.72 Å². The zero-order valence-corrected chi connectivity index (χ0v) is 11.5. The Balaban J connectivity index is 2.61. The highest BCUT2D eigenvalue weighted by molar-refractivity contribution is 7.89. The molecule has 0 saturated heterocycles. The van der Waals surface area contributed by atoms with Crippen LogP contribution in [0.3, 0.4) is 0 Å². The van der Waals surface area contributed by atoms with Crippen molar-refractivity contribution in [2.45, 2.75) is 19.9 Å². The molecular formula is C12H20N2O3S. The largest absolute Gasteiger partial charge is 0.399 e. The monoisotopic (exact) mass is 272 g/mol. The van der Waals surface area contributed by atoms with E-state index in [0.29, 0.717) is 12.3 Å². The second-order valence-corrected chi connectivity index (χ2v) is 5.90. The molecule has 18 heavy (non-hydrogen) atoms. The number of benzene rings is 1. The van der Waals surface area contributed by atoms with E-state index in [1.807, 2.05) is 13.0 Å². The molecule has 0 aromatic heterocycles. The third-order valence-electron chi connectivity index (χ3n) is 2.47. The predicted octanol–water partition coefficient (Wildman–Crippen LogP) is 1.29. The molecule has 1 unspecified atom stereocenters. The van der Waals surface area contributed by atoms with Crippen molar-refractivity contribution < 1.29 is 13.2 Å². The van der Waals surface area contributed by atoms with Gasteiger partial charge >= 0.3 is 0 Å².